The van der Waals surface area contributed by atoms with Crippen LogP contribution in [0.5, 0.6) is 0 Å². The predicted octanol–water partition coefficient (Wildman–Crippen LogP) is 5.62. The van der Waals surface area contributed by atoms with E-state index >= 15 is 0 Å². The largest absolute Gasteiger partial charge is 0.355 e. The molecule has 0 radical (unpaired) electrons. The van der Waals surface area contributed by atoms with Crippen LogP contribution in [0.4, 0.5) is 5.82 Å². The third-order valence-corrected chi connectivity index (χ3v) is 4.53. The molecule has 0 fully saturated rings. The summed E-state index contributed by atoms with van der Waals surface area (Å²) < 4.78 is 0. The van der Waals surface area contributed by atoms with Gasteiger partial charge in [-0.05, 0) is 25.3 Å². The van der Waals surface area contributed by atoms with Gasteiger partial charge in [-0.2, -0.15) is 0 Å². The maximum absolute atomic E-state index is 4.60. The van der Waals surface area contributed by atoms with Crippen LogP contribution < -0.4 is 4.90 Å². The first-order valence-electron chi connectivity index (χ1n) is 8.91. The molecule has 0 aliphatic carbocycles. The Labute approximate surface area is 146 Å². The minimum Gasteiger partial charge on any atom is -0.355 e. The Balaban J connectivity index is 2.54. The van der Waals surface area contributed by atoms with Crippen molar-refractivity contribution in [2.75, 3.05) is 11.9 Å². The van der Waals surface area contributed by atoms with Gasteiger partial charge in [0.05, 0.1) is 5.69 Å². The highest BCUT2D eigenvalue weighted by Crippen LogP contribution is 2.30. The molecule has 0 atom stereocenters. The van der Waals surface area contributed by atoms with E-state index in [4.69, 9.17) is 0 Å². The van der Waals surface area contributed by atoms with Crippen molar-refractivity contribution in [3.05, 3.63) is 48.7 Å². The van der Waals surface area contributed by atoms with Crippen LogP contribution in [-0.2, 0) is 0 Å². The Hall–Kier alpha value is -2.16. The Bertz CT molecular complexity index is 712. The molecule has 128 valence electrons. The Kier molecular flexibility index (Phi) is 6.53. The zero-order valence-corrected chi connectivity index (χ0v) is 15.4. The summed E-state index contributed by atoms with van der Waals surface area (Å²) in [6.45, 7) is 10.3. The van der Waals surface area contributed by atoms with Gasteiger partial charge in [-0.1, -0.05) is 69.7 Å². The standard InChI is InChI=1S/C21H29N3/c1-6-11-16(4)20-18-14-9-10-15-19(18)21(23-22-20)24(5)17(12-7-2)13-8-3/h6,9-11,14-15,17H,1,7-8,12-13H2,2-5H3/b16-11+. The number of benzene rings is 1. The summed E-state index contributed by atoms with van der Waals surface area (Å²) in [4.78, 5) is 2.32. The van der Waals surface area contributed by atoms with Crippen LogP contribution in [0.25, 0.3) is 16.3 Å². The fourth-order valence-corrected chi connectivity index (χ4v) is 3.27. The number of allylic oxidation sites excluding steroid dienone is 3. The molecule has 1 heterocycles. The zero-order valence-electron chi connectivity index (χ0n) is 15.4. The molecule has 0 N–H and O–H groups in total. The number of hydrogen-bond acceptors (Lipinski definition) is 3. The van der Waals surface area contributed by atoms with Crippen LogP contribution in [0.1, 0.15) is 52.1 Å². The molecule has 0 saturated heterocycles. The van der Waals surface area contributed by atoms with Crippen LogP contribution in [-0.4, -0.2) is 23.3 Å². The third-order valence-electron chi connectivity index (χ3n) is 4.53. The monoisotopic (exact) mass is 323 g/mol. The lowest BCUT2D eigenvalue weighted by atomic mass is 10.0. The van der Waals surface area contributed by atoms with E-state index in [1.54, 1.807) is 6.08 Å². The van der Waals surface area contributed by atoms with Crippen LogP contribution in [0.15, 0.2) is 43.0 Å². The minimum absolute atomic E-state index is 0.508. The lowest BCUT2D eigenvalue weighted by molar-refractivity contribution is 0.524. The van der Waals surface area contributed by atoms with Gasteiger partial charge in [-0.3, -0.25) is 0 Å². The van der Waals surface area contributed by atoms with Gasteiger partial charge in [0.15, 0.2) is 5.82 Å². The molecule has 3 nitrogen and oxygen atoms in total. The fourth-order valence-electron chi connectivity index (χ4n) is 3.27. The summed E-state index contributed by atoms with van der Waals surface area (Å²) in [5.74, 6) is 0.979. The quantitative estimate of drug-likeness (QED) is 0.590. The summed E-state index contributed by atoms with van der Waals surface area (Å²) in [5, 5.41) is 11.5. The van der Waals surface area contributed by atoms with E-state index in [2.05, 4.69) is 73.8 Å². The van der Waals surface area contributed by atoms with Crippen LogP contribution in [0.3, 0.4) is 0 Å². The molecule has 1 aromatic heterocycles. The summed E-state index contributed by atoms with van der Waals surface area (Å²) in [5.41, 5.74) is 2.02. The highest BCUT2D eigenvalue weighted by atomic mass is 15.3. The topological polar surface area (TPSA) is 29.0 Å². The zero-order chi connectivity index (χ0) is 17.5. The maximum Gasteiger partial charge on any atom is 0.159 e. The second-order valence-electron chi connectivity index (χ2n) is 6.35. The van der Waals surface area contributed by atoms with E-state index in [-0.39, 0.29) is 0 Å². The van der Waals surface area contributed by atoms with E-state index in [0.29, 0.717) is 6.04 Å². The van der Waals surface area contributed by atoms with Crippen molar-refractivity contribution in [1.82, 2.24) is 10.2 Å². The third kappa shape index (κ3) is 3.84. The first-order chi connectivity index (χ1) is 11.6. The van der Waals surface area contributed by atoms with Gasteiger partial charge in [-0.25, -0.2) is 0 Å². The number of nitrogens with zero attached hydrogens (tertiary/aromatic N) is 3. The second kappa shape index (κ2) is 8.62. The smallest absolute Gasteiger partial charge is 0.159 e. The summed E-state index contributed by atoms with van der Waals surface area (Å²) in [6.07, 6.45) is 8.50. The lowest BCUT2D eigenvalue weighted by Gasteiger charge is -2.29. The second-order valence-corrected chi connectivity index (χ2v) is 6.35. The summed E-state index contributed by atoms with van der Waals surface area (Å²) >= 11 is 0. The minimum atomic E-state index is 0.508. The molecule has 0 bridgehead atoms. The molecule has 24 heavy (non-hydrogen) atoms. The SMILES string of the molecule is C=C/C=C(\C)c1nnc(N(C)C(CCC)CCC)c2ccccc12. The van der Waals surface area contributed by atoms with Gasteiger partial charge < -0.3 is 4.90 Å². The first kappa shape index (κ1) is 18.2. The molecular formula is C21H29N3. The van der Waals surface area contributed by atoms with Crippen LogP contribution in [0.2, 0.25) is 0 Å². The highest BCUT2D eigenvalue weighted by molar-refractivity contribution is 5.98. The van der Waals surface area contributed by atoms with Gasteiger partial charge in [0.25, 0.3) is 0 Å². The molecule has 0 spiro atoms. The van der Waals surface area contributed by atoms with Crippen molar-refractivity contribution in [3.8, 4) is 0 Å². The van der Waals surface area contributed by atoms with E-state index in [9.17, 15) is 0 Å². The summed E-state index contributed by atoms with van der Waals surface area (Å²) in [7, 11) is 2.15. The summed E-state index contributed by atoms with van der Waals surface area (Å²) in [6, 6.07) is 8.93. The predicted molar refractivity (Wildman–Crippen MR) is 105 cm³/mol. The molecule has 2 rings (SSSR count). The van der Waals surface area contributed by atoms with Gasteiger partial charge >= 0.3 is 0 Å². The van der Waals surface area contributed by atoms with E-state index in [0.717, 1.165) is 22.5 Å². The fraction of sp³-hybridized carbons (Fsp3) is 0.429. The van der Waals surface area contributed by atoms with Crippen LogP contribution in [0, 0.1) is 0 Å². The number of rotatable bonds is 8. The van der Waals surface area contributed by atoms with E-state index in [1.165, 1.54) is 31.1 Å². The van der Waals surface area contributed by atoms with Gasteiger partial charge in [0.1, 0.15) is 0 Å². The van der Waals surface area contributed by atoms with Crippen LogP contribution >= 0.6 is 0 Å². The van der Waals surface area contributed by atoms with Gasteiger partial charge in [-0.15, -0.1) is 10.2 Å². The molecule has 0 saturated carbocycles. The molecular weight excluding hydrogens is 294 g/mol. The Morgan fingerprint density at radius 2 is 1.75 bits per heavy atom. The normalized spacial score (nSPS) is 12.0. The van der Waals surface area contributed by atoms with Crippen molar-refractivity contribution in [2.45, 2.75) is 52.5 Å². The number of hydrogen-bond donors (Lipinski definition) is 0. The number of fused-ring (bicyclic) bond motifs is 1. The lowest BCUT2D eigenvalue weighted by Crippen LogP contribution is -2.32. The average molecular weight is 323 g/mol. The first-order valence-corrected chi connectivity index (χ1v) is 8.91. The van der Waals surface area contributed by atoms with E-state index < -0.39 is 0 Å². The molecule has 1 aromatic carbocycles. The van der Waals surface area contributed by atoms with Gasteiger partial charge in [0, 0.05) is 23.9 Å². The van der Waals surface area contributed by atoms with Crippen molar-refractivity contribution in [2.24, 2.45) is 0 Å². The molecule has 0 unspecified atom stereocenters. The van der Waals surface area contributed by atoms with Crippen molar-refractivity contribution >= 4 is 22.2 Å². The molecule has 0 amide bonds. The van der Waals surface area contributed by atoms with Crippen molar-refractivity contribution in [1.29, 1.82) is 0 Å². The average Bonchev–Trinajstić information content (AvgIpc) is 2.60. The van der Waals surface area contributed by atoms with Crippen molar-refractivity contribution < 1.29 is 0 Å². The van der Waals surface area contributed by atoms with Crippen molar-refractivity contribution in [3.63, 3.8) is 0 Å². The Morgan fingerprint density at radius 3 is 2.33 bits per heavy atom. The highest BCUT2D eigenvalue weighted by Gasteiger charge is 2.19. The maximum atomic E-state index is 4.60. The molecule has 2 aromatic rings. The number of aromatic nitrogens is 2. The molecule has 0 aliphatic rings. The molecule has 0 aliphatic heterocycles. The molecule has 3 heteroatoms. The van der Waals surface area contributed by atoms with E-state index in [1.807, 2.05) is 6.08 Å². The Morgan fingerprint density at radius 1 is 1.12 bits per heavy atom. The van der Waals surface area contributed by atoms with Gasteiger partial charge in [0.2, 0.25) is 0 Å². The number of anilines is 1.